The number of carbonyl (C=O) groups is 2. The van der Waals surface area contributed by atoms with Gasteiger partial charge in [0, 0.05) is 0 Å². The second-order valence-corrected chi connectivity index (χ2v) is 0.926. The lowest BCUT2D eigenvalue weighted by Gasteiger charge is -1.92. The normalized spacial score (nSPS) is 7.50. The zero-order chi connectivity index (χ0) is 6.57. The van der Waals surface area contributed by atoms with Gasteiger partial charge in [-0.15, -0.1) is 5.43 Å². The van der Waals surface area contributed by atoms with E-state index in [0.29, 0.717) is 0 Å². The minimum Gasteiger partial charge on any atom is -0.350 e. The van der Waals surface area contributed by atoms with Gasteiger partial charge in [0.1, 0.15) is 0 Å². The third-order valence-electron chi connectivity index (χ3n) is 0.276. The van der Waals surface area contributed by atoms with Crippen LogP contribution >= 0.6 is 0 Å². The highest BCUT2D eigenvalue weighted by Crippen LogP contribution is 1.52. The van der Waals surface area contributed by atoms with E-state index in [1.54, 1.807) is 5.43 Å². The molecule has 8 heavy (non-hydrogen) atoms. The number of nitrogens with zero attached hydrogens (tertiary/aromatic N) is 1. The number of hydrogen-bond donors (Lipinski definition) is 3. The van der Waals surface area contributed by atoms with Gasteiger partial charge < -0.3 is 11.5 Å². The lowest BCUT2D eigenvalue weighted by Crippen LogP contribution is -2.41. The number of rotatable bonds is 0. The Morgan fingerprint density at radius 2 is 1.88 bits per heavy atom. The summed E-state index contributed by atoms with van der Waals surface area (Å²) in [5.41, 5.74) is 13.3. The summed E-state index contributed by atoms with van der Waals surface area (Å²) < 4.78 is 0. The van der Waals surface area contributed by atoms with Crippen molar-refractivity contribution < 1.29 is 9.59 Å². The van der Waals surface area contributed by atoms with Crippen molar-refractivity contribution in [1.82, 2.24) is 10.9 Å². The Bertz CT molecular complexity index is 96.6. The predicted octanol–water partition coefficient (Wildman–Crippen LogP) is -1.75. The Balaban J connectivity index is 3.18. The van der Waals surface area contributed by atoms with E-state index in [-0.39, 0.29) is 0 Å². The zero-order valence-corrected chi connectivity index (χ0v) is 3.92. The van der Waals surface area contributed by atoms with E-state index in [1.165, 1.54) is 0 Å². The molecule has 0 aliphatic rings. The first-order valence-electron chi connectivity index (χ1n) is 1.68. The third kappa shape index (κ3) is 4.54. The van der Waals surface area contributed by atoms with Crippen LogP contribution in [0.5, 0.6) is 0 Å². The Labute approximate surface area is 45.2 Å². The fourth-order valence-electron chi connectivity index (χ4n) is 0.110. The lowest BCUT2D eigenvalue weighted by molar-refractivity contribution is 0.232. The molecule has 0 saturated heterocycles. The summed E-state index contributed by atoms with van der Waals surface area (Å²) in [6, 6.07) is -1.90. The zero-order valence-electron chi connectivity index (χ0n) is 3.92. The van der Waals surface area contributed by atoms with Crippen LogP contribution in [0.3, 0.4) is 0 Å². The fraction of sp³-hybridized carbons (Fsp3) is 0. The summed E-state index contributed by atoms with van der Waals surface area (Å²) in [5.74, 6) is 0. The Hall–Kier alpha value is -1.46. The molecule has 0 fully saturated rings. The summed E-state index contributed by atoms with van der Waals surface area (Å²) in [7, 11) is 0. The van der Waals surface area contributed by atoms with Crippen LogP contribution in [0.4, 0.5) is 9.59 Å². The molecule has 0 aliphatic heterocycles. The molecule has 4 amide bonds. The largest absolute Gasteiger partial charge is 0.355 e. The molecule has 0 saturated carbocycles. The molecule has 0 aromatic rings. The number of nitrogens with two attached hydrogens (primary N) is 2. The molecule has 0 heterocycles. The number of primary amides is 2. The minimum atomic E-state index is -0.983. The number of hydrogen-bond acceptors (Lipinski definition) is 2. The summed E-state index contributed by atoms with van der Waals surface area (Å²) in [6.45, 7) is 0. The van der Waals surface area contributed by atoms with Crippen LogP contribution < -0.4 is 22.3 Å². The molecule has 0 bridgehead atoms. The third-order valence-corrected chi connectivity index (χ3v) is 0.276. The maximum absolute atomic E-state index is 9.71. The molecule has 0 aliphatic carbocycles. The molecule has 0 spiro atoms. The second kappa shape index (κ2) is 2.67. The maximum atomic E-state index is 9.71. The van der Waals surface area contributed by atoms with E-state index in [4.69, 9.17) is 0 Å². The quantitative estimate of drug-likeness (QED) is 0.327. The van der Waals surface area contributed by atoms with Crippen LogP contribution in [0.25, 0.3) is 0 Å². The van der Waals surface area contributed by atoms with Crippen molar-refractivity contribution in [3.8, 4) is 0 Å². The van der Waals surface area contributed by atoms with Crippen LogP contribution in [0.1, 0.15) is 0 Å². The van der Waals surface area contributed by atoms with Crippen LogP contribution in [0.15, 0.2) is 0 Å². The highest BCUT2D eigenvalue weighted by molar-refractivity contribution is 5.77. The average molecular weight is 117 g/mol. The first-order valence-corrected chi connectivity index (χ1v) is 1.68. The second-order valence-electron chi connectivity index (χ2n) is 0.926. The van der Waals surface area contributed by atoms with Gasteiger partial charge >= 0.3 is 12.1 Å². The van der Waals surface area contributed by atoms with Crippen LogP contribution in [0, 0.1) is 0 Å². The highest BCUT2D eigenvalue weighted by atomic mass is 16.2. The molecular formula is C2H5N4O2. The molecule has 6 nitrogen and oxygen atoms in total. The van der Waals surface area contributed by atoms with E-state index in [0.717, 1.165) is 0 Å². The molecule has 0 unspecified atom stereocenters. The van der Waals surface area contributed by atoms with Crippen molar-refractivity contribution in [1.29, 1.82) is 0 Å². The van der Waals surface area contributed by atoms with Gasteiger partial charge in [-0.2, -0.15) is 0 Å². The van der Waals surface area contributed by atoms with E-state index >= 15 is 0 Å². The van der Waals surface area contributed by atoms with Crippen molar-refractivity contribution in [2.75, 3.05) is 0 Å². The monoisotopic (exact) mass is 117 g/mol. The average Bonchev–Trinajstić information content (AvgIpc) is 1.61. The van der Waals surface area contributed by atoms with Crippen LogP contribution in [-0.2, 0) is 0 Å². The van der Waals surface area contributed by atoms with Crippen molar-refractivity contribution in [2.45, 2.75) is 0 Å². The van der Waals surface area contributed by atoms with Crippen LogP contribution in [-0.4, -0.2) is 12.1 Å². The topological polar surface area (TPSA) is 112 Å². The number of carbonyl (C=O) groups excluding carboxylic acids is 2. The first-order chi connectivity index (χ1) is 3.63. The van der Waals surface area contributed by atoms with Gasteiger partial charge in [0.05, 0.1) is 0 Å². The van der Waals surface area contributed by atoms with Crippen molar-refractivity contribution in [3.63, 3.8) is 0 Å². The lowest BCUT2D eigenvalue weighted by atomic mass is 11.1. The Kier molecular flexibility index (Phi) is 2.18. The molecule has 0 rings (SSSR count). The molecule has 45 valence electrons. The van der Waals surface area contributed by atoms with Gasteiger partial charge in [-0.05, 0) is 0 Å². The molecule has 5 N–H and O–H groups in total. The Morgan fingerprint density at radius 3 is 2.00 bits per heavy atom. The van der Waals surface area contributed by atoms with Gasteiger partial charge in [0.15, 0.2) is 0 Å². The van der Waals surface area contributed by atoms with E-state index in [1.807, 2.05) is 0 Å². The number of amides is 4. The molecule has 1 radical (unpaired) electrons. The maximum Gasteiger partial charge on any atom is 0.355 e. The molecule has 0 aromatic carbocycles. The van der Waals surface area contributed by atoms with Crippen molar-refractivity contribution in [2.24, 2.45) is 11.5 Å². The molecule has 0 atom stereocenters. The van der Waals surface area contributed by atoms with Gasteiger partial charge in [0.25, 0.3) is 0 Å². The highest BCUT2D eigenvalue weighted by Gasteiger charge is 1.93. The summed E-state index contributed by atoms with van der Waals surface area (Å²) in [6.07, 6.45) is 0. The predicted molar refractivity (Wildman–Crippen MR) is 24.4 cm³/mol. The Morgan fingerprint density at radius 1 is 1.38 bits per heavy atom. The van der Waals surface area contributed by atoms with Gasteiger partial charge in [-0.1, -0.05) is 0 Å². The minimum absolute atomic E-state index is 0.913. The van der Waals surface area contributed by atoms with E-state index < -0.39 is 12.1 Å². The summed E-state index contributed by atoms with van der Waals surface area (Å²) in [5, 5.41) is 0. The van der Waals surface area contributed by atoms with Crippen molar-refractivity contribution in [3.05, 3.63) is 0 Å². The smallest absolute Gasteiger partial charge is 0.350 e. The summed E-state index contributed by atoms with van der Waals surface area (Å²) >= 11 is 0. The molecule has 0 aromatic heterocycles. The first kappa shape index (κ1) is 6.54. The van der Waals surface area contributed by atoms with Crippen LogP contribution in [0.2, 0.25) is 0 Å². The number of nitrogens with one attached hydrogen (secondary N) is 1. The van der Waals surface area contributed by atoms with E-state index in [2.05, 4.69) is 16.9 Å². The van der Waals surface area contributed by atoms with Gasteiger partial charge in [-0.3, -0.25) is 0 Å². The van der Waals surface area contributed by atoms with Gasteiger partial charge in [0.2, 0.25) is 0 Å². The fourth-order valence-corrected chi connectivity index (χ4v) is 0.110. The standard InChI is InChI=1S/C2H5N4O2/c3-1(7)5-6-2(4)8/h(H2,3,7)(H3,4,6,8). The van der Waals surface area contributed by atoms with Gasteiger partial charge in [-0.25, -0.2) is 15.0 Å². The number of urea groups is 2. The van der Waals surface area contributed by atoms with E-state index in [9.17, 15) is 9.59 Å². The molecular weight excluding hydrogens is 112 g/mol. The SMILES string of the molecule is NC(=O)[N]NC(N)=O. The summed E-state index contributed by atoms with van der Waals surface area (Å²) in [4.78, 5) is 19.4. The molecule has 6 heteroatoms. The van der Waals surface area contributed by atoms with Crippen molar-refractivity contribution >= 4 is 12.1 Å².